The Bertz CT molecular complexity index is 637. The number of sulfonamides is 1. The predicted octanol–water partition coefficient (Wildman–Crippen LogP) is 1.44. The van der Waals surface area contributed by atoms with Crippen molar-refractivity contribution in [2.45, 2.75) is 24.2 Å². The fraction of sp³-hybridized carbons (Fsp3) is 0.357. The van der Waals surface area contributed by atoms with Gasteiger partial charge in [-0.3, -0.25) is 4.79 Å². The lowest BCUT2D eigenvalue weighted by Crippen LogP contribution is -2.35. The van der Waals surface area contributed by atoms with E-state index in [1.54, 1.807) is 12.1 Å². The van der Waals surface area contributed by atoms with E-state index in [4.69, 9.17) is 5.11 Å². The molecule has 0 saturated carbocycles. The molecule has 1 aliphatic rings. The molecule has 2 rings (SSSR count). The van der Waals surface area contributed by atoms with Crippen LogP contribution in [0.3, 0.4) is 0 Å². The van der Waals surface area contributed by atoms with E-state index in [0.29, 0.717) is 0 Å². The van der Waals surface area contributed by atoms with Crippen molar-refractivity contribution in [2.24, 2.45) is 0 Å². The van der Waals surface area contributed by atoms with Crippen LogP contribution in [0.4, 0.5) is 0 Å². The van der Waals surface area contributed by atoms with E-state index in [1.165, 1.54) is 11.6 Å². The molecule has 6 heteroatoms. The quantitative estimate of drug-likeness (QED) is 0.806. The van der Waals surface area contributed by atoms with E-state index in [9.17, 15) is 13.2 Å². The summed E-state index contributed by atoms with van der Waals surface area (Å²) < 4.78 is 25.9. The average Bonchev–Trinajstić information content (AvgIpc) is 2.84. The minimum atomic E-state index is -3.80. The number of carboxylic acid groups (broad SMARTS) is 1. The van der Waals surface area contributed by atoms with Crippen molar-refractivity contribution >= 4 is 16.0 Å². The Morgan fingerprint density at radius 2 is 2.05 bits per heavy atom. The first-order valence-electron chi connectivity index (χ1n) is 6.40. The Morgan fingerprint density at radius 1 is 1.35 bits per heavy atom. The largest absolute Gasteiger partial charge is 0.480 e. The molecule has 108 valence electrons. The van der Waals surface area contributed by atoms with Gasteiger partial charge in [0.05, 0.1) is 4.90 Å². The molecule has 0 radical (unpaired) electrons. The molecule has 5 nitrogen and oxygen atoms in total. The lowest BCUT2D eigenvalue weighted by atomic mass is 10.1. The summed E-state index contributed by atoms with van der Waals surface area (Å²) in [5, 5.41) is 8.84. The van der Waals surface area contributed by atoms with E-state index in [1.807, 2.05) is 6.07 Å². The van der Waals surface area contributed by atoms with Crippen molar-refractivity contribution in [3.05, 3.63) is 42.0 Å². The SMILES string of the molecule is C=CCN(CC(=O)O)S(=O)(=O)c1ccc2c(c1)CCC2. The van der Waals surface area contributed by atoms with Crippen LogP contribution in [0.2, 0.25) is 0 Å². The third kappa shape index (κ3) is 2.91. The van der Waals surface area contributed by atoms with Crippen LogP contribution in [-0.2, 0) is 27.7 Å². The number of nitrogens with zero attached hydrogens (tertiary/aromatic N) is 1. The van der Waals surface area contributed by atoms with Crippen molar-refractivity contribution in [3.63, 3.8) is 0 Å². The van der Waals surface area contributed by atoms with Crippen LogP contribution in [0.1, 0.15) is 17.5 Å². The van der Waals surface area contributed by atoms with E-state index in [-0.39, 0.29) is 11.4 Å². The summed E-state index contributed by atoms with van der Waals surface area (Å²) in [5.41, 5.74) is 2.22. The summed E-state index contributed by atoms with van der Waals surface area (Å²) >= 11 is 0. The predicted molar refractivity (Wildman–Crippen MR) is 75.1 cm³/mol. The molecule has 0 bridgehead atoms. The van der Waals surface area contributed by atoms with E-state index >= 15 is 0 Å². The smallest absolute Gasteiger partial charge is 0.318 e. The van der Waals surface area contributed by atoms with Crippen LogP contribution in [0, 0.1) is 0 Å². The number of aliphatic carboxylic acids is 1. The molecule has 0 spiro atoms. The van der Waals surface area contributed by atoms with Gasteiger partial charge < -0.3 is 5.11 Å². The maximum Gasteiger partial charge on any atom is 0.318 e. The van der Waals surface area contributed by atoms with Gasteiger partial charge in [0.1, 0.15) is 6.54 Å². The normalized spacial score (nSPS) is 14.2. The maximum atomic E-state index is 12.5. The summed E-state index contributed by atoms with van der Waals surface area (Å²) in [5.74, 6) is -1.18. The van der Waals surface area contributed by atoms with Crippen molar-refractivity contribution in [1.82, 2.24) is 4.31 Å². The molecule has 20 heavy (non-hydrogen) atoms. The fourth-order valence-electron chi connectivity index (χ4n) is 2.40. The summed E-state index contributed by atoms with van der Waals surface area (Å²) in [6.45, 7) is 2.89. The van der Waals surface area contributed by atoms with Gasteiger partial charge in [-0.05, 0) is 42.5 Å². The highest BCUT2D eigenvalue weighted by Gasteiger charge is 2.26. The van der Waals surface area contributed by atoms with Gasteiger partial charge in [0.2, 0.25) is 10.0 Å². The number of hydrogen-bond acceptors (Lipinski definition) is 3. The second-order valence-corrected chi connectivity index (χ2v) is 6.70. The third-order valence-corrected chi connectivity index (χ3v) is 5.16. The van der Waals surface area contributed by atoms with Gasteiger partial charge in [-0.15, -0.1) is 6.58 Å². The Balaban J connectivity index is 2.36. The molecular formula is C14H17NO4S. The standard InChI is InChI=1S/C14H17NO4S/c1-2-8-15(10-14(16)17)20(18,19)13-7-6-11-4-3-5-12(11)9-13/h2,6-7,9H,1,3-5,8,10H2,(H,16,17). The third-order valence-electron chi connectivity index (χ3n) is 3.35. The number of carbonyl (C=O) groups is 1. The molecule has 1 aliphatic carbocycles. The van der Waals surface area contributed by atoms with Crippen molar-refractivity contribution in [2.75, 3.05) is 13.1 Å². The summed E-state index contributed by atoms with van der Waals surface area (Å²) in [4.78, 5) is 11.0. The first-order chi connectivity index (χ1) is 9.45. The van der Waals surface area contributed by atoms with Crippen LogP contribution < -0.4 is 0 Å². The second-order valence-electron chi connectivity index (χ2n) is 4.76. The van der Waals surface area contributed by atoms with E-state index < -0.39 is 22.5 Å². The molecular weight excluding hydrogens is 278 g/mol. The van der Waals surface area contributed by atoms with Crippen LogP contribution in [0.25, 0.3) is 0 Å². The minimum Gasteiger partial charge on any atom is -0.480 e. The number of aryl methyl sites for hydroxylation is 2. The van der Waals surface area contributed by atoms with E-state index in [2.05, 4.69) is 6.58 Å². The molecule has 0 atom stereocenters. The van der Waals surface area contributed by atoms with Gasteiger partial charge in [-0.1, -0.05) is 12.1 Å². The Labute approximate surface area is 118 Å². The van der Waals surface area contributed by atoms with Crippen molar-refractivity contribution in [3.8, 4) is 0 Å². The van der Waals surface area contributed by atoms with Gasteiger partial charge in [0.25, 0.3) is 0 Å². The fourth-order valence-corrected chi connectivity index (χ4v) is 3.81. The van der Waals surface area contributed by atoms with Crippen LogP contribution in [0.5, 0.6) is 0 Å². The monoisotopic (exact) mass is 295 g/mol. The first kappa shape index (κ1) is 14.7. The molecule has 0 amide bonds. The van der Waals surface area contributed by atoms with Gasteiger partial charge in [-0.2, -0.15) is 4.31 Å². The highest BCUT2D eigenvalue weighted by molar-refractivity contribution is 7.89. The number of hydrogen-bond donors (Lipinski definition) is 1. The number of fused-ring (bicyclic) bond motifs is 1. The van der Waals surface area contributed by atoms with Crippen molar-refractivity contribution in [1.29, 1.82) is 0 Å². The number of rotatable bonds is 6. The molecule has 1 aromatic carbocycles. The second kappa shape index (κ2) is 5.76. The molecule has 0 heterocycles. The summed E-state index contributed by atoms with van der Waals surface area (Å²) in [6.07, 6.45) is 4.26. The van der Waals surface area contributed by atoms with Gasteiger partial charge in [-0.25, -0.2) is 8.42 Å². The lowest BCUT2D eigenvalue weighted by Gasteiger charge is -2.19. The van der Waals surface area contributed by atoms with Crippen LogP contribution >= 0.6 is 0 Å². The van der Waals surface area contributed by atoms with Gasteiger partial charge in [0, 0.05) is 6.54 Å². The zero-order chi connectivity index (χ0) is 14.8. The molecule has 0 aromatic heterocycles. The van der Waals surface area contributed by atoms with Crippen LogP contribution in [-0.4, -0.2) is 36.9 Å². The van der Waals surface area contributed by atoms with Gasteiger partial charge >= 0.3 is 5.97 Å². The zero-order valence-electron chi connectivity index (χ0n) is 11.1. The Hall–Kier alpha value is -1.66. The molecule has 0 unspecified atom stereocenters. The lowest BCUT2D eigenvalue weighted by molar-refractivity contribution is -0.137. The average molecular weight is 295 g/mol. The summed E-state index contributed by atoms with van der Waals surface area (Å²) in [6, 6.07) is 5.04. The summed E-state index contributed by atoms with van der Waals surface area (Å²) in [7, 11) is -3.80. The van der Waals surface area contributed by atoms with Crippen LogP contribution in [0.15, 0.2) is 35.7 Å². The molecule has 1 N–H and O–H groups in total. The zero-order valence-corrected chi connectivity index (χ0v) is 11.9. The molecule has 1 aromatic rings. The topological polar surface area (TPSA) is 74.7 Å². The maximum absolute atomic E-state index is 12.5. The molecule has 0 aliphatic heterocycles. The first-order valence-corrected chi connectivity index (χ1v) is 7.84. The minimum absolute atomic E-state index is 0.0221. The molecule has 0 fully saturated rings. The molecule has 0 saturated heterocycles. The Morgan fingerprint density at radius 3 is 2.70 bits per heavy atom. The van der Waals surface area contributed by atoms with E-state index in [0.717, 1.165) is 29.1 Å². The van der Waals surface area contributed by atoms with Crippen molar-refractivity contribution < 1.29 is 18.3 Å². The Kier molecular flexibility index (Phi) is 4.25. The van der Waals surface area contributed by atoms with Gasteiger partial charge in [0.15, 0.2) is 0 Å². The highest BCUT2D eigenvalue weighted by atomic mass is 32.2. The number of benzene rings is 1. The highest BCUT2D eigenvalue weighted by Crippen LogP contribution is 2.26. The number of carboxylic acids is 1.